The van der Waals surface area contributed by atoms with Crippen molar-refractivity contribution >= 4 is 11.6 Å². The number of carbonyl (C=O) groups excluding carboxylic acids is 1. The average Bonchev–Trinajstić information content (AvgIpc) is 3.10. The van der Waals surface area contributed by atoms with E-state index in [4.69, 9.17) is 5.73 Å². The van der Waals surface area contributed by atoms with Crippen LogP contribution >= 0.6 is 0 Å². The Balaban J connectivity index is 1.92. The van der Waals surface area contributed by atoms with E-state index in [0.717, 1.165) is 30.6 Å². The maximum Gasteiger partial charge on any atom is 0.256 e. The van der Waals surface area contributed by atoms with E-state index < -0.39 is 0 Å². The molecule has 2 heterocycles. The number of hydrogen-bond acceptors (Lipinski definition) is 2. The first-order valence-corrected chi connectivity index (χ1v) is 6.98. The Morgan fingerprint density at radius 2 is 2.20 bits per heavy atom. The molecule has 4 nitrogen and oxygen atoms in total. The third-order valence-electron chi connectivity index (χ3n) is 4.05. The van der Waals surface area contributed by atoms with Crippen molar-refractivity contribution in [3.8, 4) is 0 Å². The lowest BCUT2D eigenvalue weighted by atomic mass is 10.1. The Morgan fingerprint density at radius 3 is 2.95 bits per heavy atom. The molecule has 0 saturated carbocycles. The van der Waals surface area contributed by atoms with Crippen LogP contribution in [0.1, 0.15) is 40.5 Å². The summed E-state index contributed by atoms with van der Waals surface area (Å²) in [6.07, 6.45) is 3.93. The highest BCUT2D eigenvalue weighted by Gasteiger charge is 2.31. The van der Waals surface area contributed by atoms with Gasteiger partial charge in [0.25, 0.3) is 5.91 Å². The van der Waals surface area contributed by atoms with E-state index in [1.807, 2.05) is 48.4 Å². The maximum atomic E-state index is 12.8. The third kappa shape index (κ3) is 2.07. The largest absolute Gasteiger partial charge is 0.398 e. The molecule has 1 amide bonds. The number of nitrogens with one attached hydrogen (secondary N) is 1. The van der Waals surface area contributed by atoms with Crippen LogP contribution in [0.4, 0.5) is 5.69 Å². The van der Waals surface area contributed by atoms with Gasteiger partial charge in [0, 0.05) is 24.1 Å². The number of benzene rings is 1. The Kier molecular flexibility index (Phi) is 3.22. The van der Waals surface area contributed by atoms with Crippen LogP contribution in [0.2, 0.25) is 0 Å². The van der Waals surface area contributed by atoms with Crippen molar-refractivity contribution in [2.75, 3.05) is 12.3 Å². The zero-order valence-electron chi connectivity index (χ0n) is 11.6. The molecule has 1 fully saturated rings. The molecule has 104 valence electrons. The van der Waals surface area contributed by atoms with Crippen molar-refractivity contribution in [2.24, 2.45) is 0 Å². The summed E-state index contributed by atoms with van der Waals surface area (Å²) in [7, 11) is 0. The van der Waals surface area contributed by atoms with Crippen LogP contribution in [0.5, 0.6) is 0 Å². The van der Waals surface area contributed by atoms with E-state index in [9.17, 15) is 4.79 Å². The van der Waals surface area contributed by atoms with E-state index in [0.29, 0.717) is 11.3 Å². The molecule has 0 bridgehead atoms. The van der Waals surface area contributed by atoms with Gasteiger partial charge in [-0.2, -0.15) is 0 Å². The highest BCUT2D eigenvalue weighted by atomic mass is 16.2. The number of hydrogen-bond donors (Lipinski definition) is 2. The zero-order chi connectivity index (χ0) is 14.1. The summed E-state index contributed by atoms with van der Waals surface area (Å²) in [5.74, 6) is 0.0308. The molecule has 1 aliphatic heterocycles. The lowest BCUT2D eigenvalue weighted by Gasteiger charge is -2.25. The minimum absolute atomic E-state index is 0.0308. The Bertz CT molecular complexity index is 619. The summed E-state index contributed by atoms with van der Waals surface area (Å²) in [5, 5.41) is 0. The summed E-state index contributed by atoms with van der Waals surface area (Å²) in [5.41, 5.74) is 9.32. The number of aryl methyl sites for hydroxylation is 1. The number of nitrogens with two attached hydrogens (primary N) is 1. The summed E-state index contributed by atoms with van der Waals surface area (Å²) in [4.78, 5) is 17.9. The number of anilines is 1. The van der Waals surface area contributed by atoms with Crippen LogP contribution in [0.15, 0.2) is 36.5 Å². The highest BCUT2D eigenvalue weighted by molar-refractivity contribution is 6.00. The molecule has 1 aliphatic rings. The van der Waals surface area contributed by atoms with E-state index >= 15 is 0 Å². The second kappa shape index (κ2) is 5.04. The van der Waals surface area contributed by atoms with Crippen molar-refractivity contribution < 1.29 is 4.79 Å². The van der Waals surface area contributed by atoms with Gasteiger partial charge in [-0.3, -0.25) is 4.79 Å². The number of amides is 1. The Morgan fingerprint density at radius 1 is 1.35 bits per heavy atom. The SMILES string of the molecule is Cc1cccc(C(=O)N2CCCC2c2ccc[nH]2)c1N. The van der Waals surface area contributed by atoms with Crippen molar-refractivity contribution in [1.29, 1.82) is 0 Å². The van der Waals surface area contributed by atoms with Crippen LogP contribution in [-0.4, -0.2) is 22.3 Å². The molecule has 0 radical (unpaired) electrons. The number of rotatable bonds is 2. The Hall–Kier alpha value is -2.23. The topological polar surface area (TPSA) is 62.1 Å². The van der Waals surface area contributed by atoms with Crippen molar-refractivity contribution in [2.45, 2.75) is 25.8 Å². The first-order chi connectivity index (χ1) is 9.68. The minimum atomic E-state index is 0.0308. The number of para-hydroxylation sites is 1. The monoisotopic (exact) mass is 269 g/mol. The van der Waals surface area contributed by atoms with Crippen LogP contribution in [0, 0.1) is 6.92 Å². The zero-order valence-corrected chi connectivity index (χ0v) is 11.6. The molecule has 1 atom stereocenters. The number of nitrogens with zero attached hydrogens (tertiary/aromatic N) is 1. The number of H-pyrrole nitrogens is 1. The highest BCUT2D eigenvalue weighted by Crippen LogP contribution is 2.33. The smallest absolute Gasteiger partial charge is 0.256 e. The van der Waals surface area contributed by atoms with Gasteiger partial charge in [-0.15, -0.1) is 0 Å². The van der Waals surface area contributed by atoms with Gasteiger partial charge in [-0.25, -0.2) is 0 Å². The fourth-order valence-corrected chi connectivity index (χ4v) is 2.91. The number of aromatic amines is 1. The van der Waals surface area contributed by atoms with Gasteiger partial charge < -0.3 is 15.6 Å². The number of carbonyl (C=O) groups is 1. The van der Waals surface area contributed by atoms with Crippen molar-refractivity contribution in [3.05, 3.63) is 53.3 Å². The van der Waals surface area contributed by atoms with E-state index in [1.54, 1.807) is 0 Å². The predicted octanol–water partition coefficient (Wildman–Crippen LogP) is 2.88. The second-order valence-electron chi connectivity index (χ2n) is 5.32. The second-order valence-corrected chi connectivity index (χ2v) is 5.32. The van der Waals surface area contributed by atoms with Gasteiger partial charge in [0.15, 0.2) is 0 Å². The maximum absolute atomic E-state index is 12.8. The lowest BCUT2D eigenvalue weighted by Crippen LogP contribution is -2.31. The third-order valence-corrected chi connectivity index (χ3v) is 4.05. The predicted molar refractivity (Wildman–Crippen MR) is 79.4 cm³/mol. The summed E-state index contributed by atoms with van der Waals surface area (Å²) in [6, 6.07) is 9.77. The number of aromatic nitrogens is 1. The quantitative estimate of drug-likeness (QED) is 0.823. The molecule has 4 heteroatoms. The standard InChI is InChI=1S/C16H19N3O/c1-11-5-2-6-12(15(11)17)16(20)19-10-4-8-14(19)13-7-3-9-18-13/h2-3,5-7,9,14,18H,4,8,10,17H2,1H3. The van der Waals surface area contributed by atoms with Crippen molar-refractivity contribution in [3.63, 3.8) is 0 Å². The molecule has 0 aliphatic carbocycles. The molecular weight excluding hydrogens is 250 g/mol. The fraction of sp³-hybridized carbons (Fsp3) is 0.312. The van der Waals surface area contributed by atoms with Crippen LogP contribution < -0.4 is 5.73 Å². The first kappa shape index (κ1) is 12.8. The van der Waals surface area contributed by atoms with Crippen LogP contribution in [-0.2, 0) is 0 Å². The molecule has 0 spiro atoms. The van der Waals surface area contributed by atoms with E-state index in [2.05, 4.69) is 4.98 Å². The summed E-state index contributed by atoms with van der Waals surface area (Å²) < 4.78 is 0. The molecule has 3 N–H and O–H groups in total. The molecule has 1 unspecified atom stereocenters. The minimum Gasteiger partial charge on any atom is -0.398 e. The molecule has 2 aromatic rings. The molecular formula is C16H19N3O. The molecule has 20 heavy (non-hydrogen) atoms. The summed E-state index contributed by atoms with van der Waals surface area (Å²) >= 11 is 0. The molecule has 1 saturated heterocycles. The van der Waals surface area contributed by atoms with Gasteiger partial charge in [0.1, 0.15) is 0 Å². The average molecular weight is 269 g/mol. The first-order valence-electron chi connectivity index (χ1n) is 6.98. The van der Waals surface area contributed by atoms with E-state index in [1.165, 1.54) is 0 Å². The normalized spacial score (nSPS) is 18.4. The number of nitrogen functional groups attached to an aromatic ring is 1. The van der Waals surface area contributed by atoms with Gasteiger partial charge >= 0.3 is 0 Å². The fourth-order valence-electron chi connectivity index (χ4n) is 2.91. The molecule has 1 aromatic carbocycles. The van der Waals surface area contributed by atoms with Gasteiger partial charge in [0.2, 0.25) is 0 Å². The van der Waals surface area contributed by atoms with Gasteiger partial charge in [-0.1, -0.05) is 12.1 Å². The van der Waals surface area contributed by atoms with Crippen LogP contribution in [0.3, 0.4) is 0 Å². The van der Waals surface area contributed by atoms with Crippen molar-refractivity contribution in [1.82, 2.24) is 9.88 Å². The van der Waals surface area contributed by atoms with Gasteiger partial charge in [0.05, 0.1) is 11.6 Å². The molecule has 1 aromatic heterocycles. The van der Waals surface area contributed by atoms with Gasteiger partial charge in [-0.05, 0) is 43.5 Å². The van der Waals surface area contributed by atoms with E-state index in [-0.39, 0.29) is 11.9 Å². The molecule has 3 rings (SSSR count). The summed E-state index contributed by atoms with van der Waals surface area (Å²) in [6.45, 7) is 2.72. The van der Waals surface area contributed by atoms with Crippen LogP contribution in [0.25, 0.3) is 0 Å². The number of likely N-dealkylation sites (tertiary alicyclic amines) is 1. The Labute approximate surface area is 118 Å². The lowest BCUT2D eigenvalue weighted by molar-refractivity contribution is 0.0734.